The van der Waals surface area contributed by atoms with E-state index in [1.807, 2.05) is 0 Å². The molecule has 0 bridgehead atoms. The Morgan fingerprint density at radius 1 is 0.912 bits per heavy atom. The Balaban J connectivity index is 1.85. The van der Waals surface area contributed by atoms with E-state index in [1.165, 1.54) is 17.4 Å². The molecule has 0 saturated heterocycles. The van der Waals surface area contributed by atoms with Crippen LogP contribution in [0, 0.1) is 6.92 Å². The summed E-state index contributed by atoms with van der Waals surface area (Å²) in [6, 6.07) is 9.46. The molecule has 4 nitrogen and oxygen atoms in total. The molecule has 0 aliphatic carbocycles. The van der Waals surface area contributed by atoms with Gasteiger partial charge in [0.1, 0.15) is 12.4 Å². The maximum absolute atomic E-state index is 14.4. The van der Waals surface area contributed by atoms with Crippen molar-refractivity contribution in [3.05, 3.63) is 75.0 Å². The fourth-order valence-electron chi connectivity index (χ4n) is 3.39. The van der Waals surface area contributed by atoms with Crippen molar-refractivity contribution in [1.82, 2.24) is 0 Å². The molecule has 184 valence electrons. The molecule has 0 aliphatic heterocycles. The second-order valence-electron chi connectivity index (χ2n) is 7.51. The van der Waals surface area contributed by atoms with Crippen molar-refractivity contribution < 1.29 is 46.4 Å². The number of thiophene rings is 1. The Kier molecular flexibility index (Phi) is 7.32. The van der Waals surface area contributed by atoms with E-state index in [4.69, 9.17) is 9.84 Å². The Hall–Kier alpha value is -2.60. The fourth-order valence-corrected chi connectivity index (χ4v) is 4.19. The molecule has 3 N–H and O–H groups in total. The van der Waals surface area contributed by atoms with E-state index in [9.17, 15) is 36.6 Å². The second kappa shape index (κ2) is 9.57. The SMILES string of the molecule is Cc1c(-c2csc(COc3ccc(CO)c(CO)c3)c2)cccc1C(F)(F)C(O)(F)C(F)(F)F. The summed E-state index contributed by atoms with van der Waals surface area (Å²) in [6.45, 7) is 0.656. The van der Waals surface area contributed by atoms with Crippen molar-refractivity contribution in [2.45, 2.75) is 44.7 Å². The molecule has 34 heavy (non-hydrogen) atoms. The largest absolute Gasteiger partial charge is 0.488 e. The van der Waals surface area contributed by atoms with E-state index in [1.54, 1.807) is 29.6 Å². The highest BCUT2D eigenvalue weighted by atomic mass is 32.1. The first kappa shape index (κ1) is 26.0. The number of aliphatic hydroxyl groups excluding tert-OH is 2. The Labute approximate surface area is 194 Å². The molecular weight excluding hydrogens is 486 g/mol. The van der Waals surface area contributed by atoms with Crippen LogP contribution in [0.15, 0.2) is 47.8 Å². The predicted molar refractivity (Wildman–Crippen MR) is 113 cm³/mol. The maximum atomic E-state index is 14.4. The van der Waals surface area contributed by atoms with Crippen LogP contribution in [0.4, 0.5) is 26.3 Å². The number of aliphatic hydroxyl groups is 3. The van der Waals surface area contributed by atoms with Gasteiger partial charge in [0.25, 0.3) is 0 Å². The molecule has 1 aromatic heterocycles. The van der Waals surface area contributed by atoms with Crippen molar-refractivity contribution in [3.8, 4) is 16.9 Å². The minimum atomic E-state index is -6.20. The zero-order valence-corrected chi connectivity index (χ0v) is 18.5. The second-order valence-corrected chi connectivity index (χ2v) is 8.51. The number of halogens is 6. The van der Waals surface area contributed by atoms with Crippen LogP contribution in [-0.2, 0) is 25.7 Å². The molecule has 0 amide bonds. The highest BCUT2D eigenvalue weighted by Crippen LogP contribution is 2.50. The van der Waals surface area contributed by atoms with Gasteiger partial charge in [-0.1, -0.05) is 24.3 Å². The summed E-state index contributed by atoms with van der Waals surface area (Å²) in [7, 11) is 0. The van der Waals surface area contributed by atoms with Gasteiger partial charge in [-0.3, -0.25) is 0 Å². The third-order valence-corrected chi connectivity index (χ3v) is 6.24. The molecule has 11 heteroatoms. The van der Waals surface area contributed by atoms with Crippen LogP contribution in [-0.4, -0.2) is 27.4 Å². The number of ether oxygens (including phenoxy) is 1. The Morgan fingerprint density at radius 2 is 1.59 bits per heavy atom. The minimum absolute atomic E-state index is 0.0706. The lowest BCUT2D eigenvalue weighted by Gasteiger charge is -2.31. The molecule has 0 saturated carbocycles. The smallest absolute Gasteiger partial charge is 0.455 e. The van der Waals surface area contributed by atoms with Gasteiger partial charge in [-0.2, -0.15) is 26.3 Å². The van der Waals surface area contributed by atoms with Crippen molar-refractivity contribution in [2.24, 2.45) is 0 Å². The molecular formula is C23H20F6O4S. The topological polar surface area (TPSA) is 69.9 Å². The quantitative estimate of drug-likeness (QED) is 0.348. The average Bonchev–Trinajstić information content (AvgIpc) is 3.25. The predicted octanol–water partition coefficient (Wildman–Crippen LogP) is 5.60. The van der Waals surface area contributed by atoms with Crippen molar-refractivity contribution >= 4 is 11.3 Å². The lowest BCUT2D eigenvalue weighted by atomic mass is 9.91. The van der Waals surface area contributed by atoms with Crippen LogP contribution in [0.25, 0.3) is 11.1 Å². The van der Waals surface area contributed by atoms with Gasteiger partial charge in [-0.25, -0.2) is 0 Å². The first-order valence-corrected chi connectivity index (χ1v) is 10.7. The number of hydrogen-bond acceptors (Lipinski definition) is 5. The van der Waals surface area contributed by atoms with Gasteiger partial charge in [0.2, 0.25) is 0 Å². The standard InChI is InChI=1S/C23H20F6O4S/c1-13-19(3-2-4-20(13)21(24,25)22(26,32)23(27,28)29)16-8-18(34-12-16)11-33-17-6-5-14(9-30)15(7-17)10-31/h2-8,12,30-32H,9-11H2,1H3. The molecule has 1 unspecified atom stereocenters. The molecule has 0 spiro atoms. The normalized spacial score (nSPS) is 14.2. The van der Waals surface area contributed by atoms with Gasteiger partial charge in [0.15, 0.2) is 0 Å². The molecule has 0 fully saturated rings. The lowest BCUT2D eigenvalue weighted by molar-refractivity contribution is -0.390. The van der Waals surface area contributed by atoms with Crippen molar-refractivity contribution in [1.29, 1.82) is 0 Å². The molecule has 0 aliphatic rings. The van der Waals surface area contributed by atoms with Crippen LogP contribution >= 0.6 is 11.3 Å². The van der Waals surface area contributed by atoms with Crippen LogP contribution in [0.3, 0.4) is 0 Å². The third-order valence-electron chi connectivity index (χ3n) is 5.33. The summed E-state index contributed by atoms with van der Waals surface area (Å²) in [5, 5.41) is 29.2. The molecule has 2 aromatic carbocycles. The lowest BCUT2D eigenvalue weighted by Crippen LogP contribution is -2.53. The van der Waals surface area contributed by atoms with Gasteiger partial charge >= 0.3 is 18.0 Å². The van der Waals surface area contributed by atoms with E-state index in [0.29, 0.717) is 33.4 Å². The van der Waals surface area contributed by atoms with E-state index in [0.717, 1.165) is 13.0 Å². The number of benzene rings is 2. The highest BCUT2D eigenvalue weighted by molar-refractivity contribution is 7.10. The third kappa shape index (κ3) is 4.78. The van der Waals surface area contributed by atoms with Gasteiger partial charge in [-0.15, -0.1) is 11.3 Å². The summed E-state index contributed by atoms with van der Waals surface area (Å²) in [5.74, 6) is -10.6. The first-order chi connectivity index (χ1) is 15.8. The fraction of sp³-hybridized carbons (Fsp3) is 0.304. The molecule has 0 radical (unpaired) electrons. The van der Waals surface area contributed by atoms with Gasteiger partial charge in [0.05, 0.1) is 13.2 Å². The van der Waals surface area contributed by atoms with E-state index in [2.05, 4.69) is 0 Å². The maximum Gasteiger partial charge on any atom is 0.455 e. The van der Waals surface area contributed by atoms with Crippen LogP contribution < -0.4 is 4.74 Å². The number of rotatable bonds is 8. The average molecular weight is 506 g/mol. The molecule has 3 aromatic rings. The van der Waals surface area contributed by atoms with Crippen LogP contribution in [0.5, 0.6) is 5.75 Å². The number of alkyl halides is 6. The van der Waals surface area contributed by atoms with E-state index in [-0.39, 0.29) is 30.9 Å². The first-order valence-electron chi connectivity index (χ1n) is 9.83. The number of hydrogen-bond donors (Lipinski definition) is 3. The van der Waals surface area contributed by atoms with Gasteiger partial charge < -0.3 is 20.1 Å². The summed E-state index contributed by atoms with van der Waals surface area (Å²) in [4.78, 5) is 0.653. The summed E-state index contributed by atoms with van der Waals surface area (Å²) < 4.78 is 86.5. The molecule has 1 atom stereocenters. The van der Waals surface area contributed by atoms with Gasteiger partial charge in [-0.05, 0) is 58.3 Å². The summed E-state index contributed by atoms with van der Waals surface area (Å²) in [6.07, 6.45) is -6.20. The van der Waals surface area contributed by atoms with Crippen molar-refractivity contribution in [2.75, 3.05) is 0 Å². The molecule has 3 rings (SSSR count). The zero-order chi connectivity index (χ0) is 25.3. The molecule has 1 heterocycles. The monoisotopic (exact) mass is 506 g/mol. The van der Waals surface area contributed by atoms with Gasteiger partial charge in [0, 0.05) is 10.4 Å². The Morgan fingerprint density at radius 3 is 2.21 bits per heavy atom. The Bertz CT molecular complexity index is 1160. The van der Waals surface area contributed by atoms with Crippen molar-refractivity contribution in [3.63, 3.8) is 0 Å². The summed E-state index contributed by atoms with van der Waals surface area (Å²) >= 11 is 1.21. The highest BCUT2D eigenvalue weighted by Gasteiger charge is 2.71. The van der Waals surface area contributed by atoms with Crippen LogP contribution in [0.2, 0.25) is 0 Å². The van der Waals surface area contributed by atoms with Crippen LogP contribution in [0.1, 0.15) is 27.1 Å². The minimum Gasteiger partial charge on any atom is -0.488 e. The van der Waals surface area contributed by atoms with E-state index >= 15 is 0 Å². The summed E-state index contributed by atoms with van der Waals surface area (Å²) in [5.41, 5.74) is -0.00696. The van der Waals surface area contributed by atoms with E-state index < -0.39 is 23.5 Å². The zero-order valence-electron chi connectivity index (χ0n) is 17.7.